The number of nitrogens with one attached hydrogen (secondary N) is 1. The van der Waals surface area contributed by atoms with Crippen molar-refractivity contribution in [1.82, 2.24) is 5.32 Å². The lowest BCUT2D eigenvalue weighted by atomic mass is 10.1. The smallest absolute Gasteiger partial charge is 0.190 e. The van der Waals surface area contributed by atoms with E-state index in [0.717, 1.165) is 0 Å². The first-order valence-corrected chi connectivity index (χ1v) is 6.80. The minimum absolute atomic E-state index is 0.0474. The van der Waals surface area contributed by atoms with Gasteiger partial charge in [-0.3, -0.25) is 0 Å². The van der Waals surface area contributed by atoms with Crippen molar-refractivity contribution < 1.29 is 18.6 Å². The first-order valence-electron chi connectivity index (χ1n) is 6.80. The van der Waals surface area contributed by atoms with Crippen LogP contribution in [0.2, 0.25) is 0 Å². The molecule has 0 atom stereocenters. The maximum atomic E-state index is 13.8. The van der Waals surface area contributed by atoms with E-state index in [2.05, 4.69) is 5.32 Å². The van der Waals surface area contributed by atoms with Crippen LogP contribution in [-0.2, 0) is 6.54 Å². The summed E-state index contributed by atoms with van der Waals surface area (Å²) in [5.74, 6) is -1.73. The van der Waals surface area contributed by atoms with Gasteiger partial charge in [-0.25, -0.2) is 8.78 Å². The molecule has 0 heterocycles. The number of aliphatic hydroxyl groups is 1. The minimum atomic E-state index is -0.695. The molecular formula is C15H23F2NO2. The van der Waals surface area contributed by atoms with E-state index in [-0.39, 0.29) is 24.5 Å². The van der Waals surface area contributed by atoms with Gasteiger partial charge in [0.1, 0.15) is 0 Å². The second-order valence-electron chi connectivity index (χ2n) is 5.77. The van der Waals surface area contributed by atoms with Crippen molar-refractivity contribution in [2.45, 2.75) is 45.7 Å². The van der Waals surface area contributed by atoms with Crippen molar-refractivity contribution >= 4 is 0 Å². The second kappa shape index (κ2) is 7.55. The zero-order valence-corrected chi connectivity index (χ0v) is 12.3. The van der Waals surface area contributed by atoms with Gasteiger partial charge in [0, 0.05) is 18.7 Å². The molecule has 0 fully saturated rings. The molecule has 0 aromatic heterocycles. The summed E-state index contributed by atoms with van der Waals surface area (Å²) in [6.07, 6.45) is 1.11. The number of halogens is 2. The fourth-order valence-electron chi connectivity index (χ4n) is 1.61. The zero-order chi connectivity index (χ0) is 15.2. The number of benzene rings is 1. The summed E-state index contributed by atoms with van der Waals surface area (Å²) in [5.41, 5.74) is 0.421. The maximum absolute atomic E-state index is 13.8. The van der Waals surface area contributed by atoms with E-state index >= 15 is 0 Å². The number of aliphatic hydroxyl groups excluding tert-OH is 1. The molecule has 0 saturated heterocycles. The fraction of sp³-hybridized carbons (Fsp3) is 0.600. The average molecular weight is 287 g/mol. The molecule has 0 aliphatic rings. The van der Waals surface area contributed by atoms with Crippen molar-refractivity contribution in [2.24, 2.45) is 0 Å². The van der Waals surface area contributed by atoms with Gasteiger partial charge in [-0.1, -0.05) is 0 Å². The van der Waals surface area contributed by atoms with Gasteiger partial charge in [0.2, 0.25) is 0 Å². The predicted octanol–water partition coefficient (Wildman–Crippen LogP) is 3.00. The van der Waals surface area contributed by atoms with E-state index in [1.165, 1.54) is 12.1 Å². The van der Waals surface area contributed by atoms with Crippen LogP contribution in [0.4, 0.5) is 8.78 Å². The normalized spacial score (nSPS) is 11.7. The molecule has 1 rings (SSSR count). The molecule has 1 aromatic rings. The van der Waals surface area contributed by atoms with Gasteiger partial charge in [-0.05, 0) is 51.3 Å². The Hall–Kier alpha value is -1.20. The summed E-state index contributed by atoms with van der Waals surface area (Å²) in [7, 11) is 0. The van der Waals surface area contributed by atoms with Gasteiger partial charge >= 0.3 is 0 Å². The lowest BCUT2D eigenvalue weighted by molar-refractivity contribution is 0.242. The molecule has 0 unspecified atom stereocenters. The van der Waals surface area contributed by atoms with Crippen LogP contribution in [0.5, 0.6) is 5.75 Å². The molecule has 2 N–H and O–H groups in total. The summed E-state index contributed by atoms with van der Waals surface area (Å²) >= 11 is 0. The molecule has 20 heavy (non-hydrogen) atoms. The lowest BCUT2D eigenvalue weighted by Gasteiger charge is -2.20. The largest absolute Gasteiger partial charge is 0.488 e. The Labute approximate surface area is 119 Å². The summed E-state index contributed by atoms with van der Waals surface area (Å²) < 4.78 is 32.7. The molecule has 3 nitrogen and oxygen atoms in total. The van der Waals surface area contributed by atoms with Gasteiger partial charge in [-0.15, -0.1) is 0 Å². The van der Waals surface area contributed by atoms with Gasteiger partial charge < -0.3 is 15.2 Å². The quantitative estimate of drug-likeness (QED) is 0.758. The van der Waals surface area contributed by atoms with Crippen molar-refractivity contribution in [3.63, 3.8) is 0 Å². The predicted molar refractivity (Wildman–Crippen MR) is 74.8 cm³/mol. The number of rotatable bonds is 7. The monoisotopic (exact) mass is 287 g/mol. The molecule has 0 aliphatic carbocycles. The molecule has 0 bridgehead atoms. The van der Waals surface area contributed by atoms with Gasteiger partial charge in [0.15, 0.2) is 17.4 Å². The van der Waals surface area contributed by atoms with Crippen LogP contribution in [0, 0.1) is 11.6 Å². The minimum Gasteiger partial charge on any atom is -0.488 e. The summed E-state index contributed by atoms with van der Waals surface area (Å²) in [6, 6.07) is 2.56. The van der Waals surface area contributed by atoms with Crippen LogP contribution in [-0.4, -0.2) is 23.9 Å². The number of hydrogen-bond acceptors (Lipinski definition) is 3. The number of unbranched alkanes of at least 4 members (excludes halogenated alkanes) is 1. The Morgan fingerprint density at radius 1 is 1.15 bits per heavy atom. The Kier molecular flexibility index (Phi) is 6.36. The first kappa shape index (κ1) is 16.9. The van der Waals surface area contributed by atoms with E-state index in [4.69, 9.17) is 9.84 Å². The lowest BCUT2D eigenvalue weighted by Crippen LogP contribution is -2.35. The third kappa shape index (κ3) is 5.84. The molecule has 0 amide bonds. The highest BCUT2D eigenvalue weighted by molar-refractivity contribution is 5.31. The van der Waals surface area contributed by atoms with Gasteiger partial charge in [0.25, 0.3) is 0 Å². The van der Waals surface area contributed by atoms with Crippen LogP contribution in [0.3, 0.4) is 0 Å². The molecular weight excluding hydrogens is 264 g/mol. The highest BCUT2D eigenvalue weighted by atomic mass is 19.1. The van der Waals surface area contributed by atoms with Crippen molar-refractivity contribution in [3.05, 3.63) is 29.3 Å². The van der Waals surface area contributed by atoms with Crippen molar-refractivity contribution in [3.8, 4) is 5.75 Å². The van der Waals surface area contributed by atoms with Crippen LogP contribution >= 0.6 is 0 Å². The molecule has 0 radical (unpaired) electrons. The third-order valence-corrected chi connectivity index (χ3v) is 2.68. The Balaban J connectivity index is 2.66. The summed E-state index contributed by atoms with van der Waals surface area (Å²) in [5, 5.41) is 11.8. The van der Waals surface area contributed by atoms with E-state index in [0.29, 0.717) is 24.9 Å². The number of ether oxygens (including phenoxy) is 1. The van der Waals surface area contributed by atoms with Crippen molar-refractivity contribution in [1.29, 1.82) is 0 Å². The van der Waals surface area contributed by atoms with Crippen LogP contribution in [0.1, 0.15) is 39.2 Å². The molecule has 0 aliphatic heterocycles. The average Bonchev–Trinajstić information content (AvgIpc) is 2.34. The van der Waals surface area contributed by atoms with Crippen molar-refractivity contribution in [2.75, 3.05) is 13.2 Å². The zero-order valence-electron chi connectivity index (χ0n) is 12.3. The topological polar surface area (TPSA) is 41.5 Å². The Morgan fingerprint density at radius 3 is 2.25 bits per heavy atom. The Morgan fingerprint density at radius 2 is 1.75 bits per heavy atom. The molecule has 5 heteroatoms. The molecule has 0 spiro atoms. The van der Waals surface area contributed by atoms with Crippen LogP contribution in [0.15, 0.2) is 12.1 Å². The second-order valence-corrected chi connectivity index (χ2v) is 5.77. The van der Waals surface area contributed by atoms with Gasteiger partial charge in [0.05, 0.1) is 6.61 Å². The number of hydrogen-bond donors (Lipinski definition) is 2. The van der Waals surface area contributed by atoms with E-state index in [9.17, 15) is 8.78 Å². The standard InChI is InChI=1S/C15H23F2NO2/c1-15(2,3)18-10-11-8-12(16)14(13(17)9-11)20-7-5-4-6-19/h8-9,18-19H,4-7,10H2,1-3H3. The maximum Gasteiger partial charge on any atom is 0.190 e. The highest BCUT2D eigenvalue weighted by Crippen LogP contribution is 2.24. The third-order valence-electron chi connectivity index (χ3n) is 2.68. The first-order chi connectivity index (χ1) is 9.33. The van der Waals surface area contributed by atoms with Crippen LogP contribution < -0.4 is 10.1 Å². The van der Waals surface area contributed by atoms with E-state index in [1.54, 1.807) is 0 Å². The Bertz CT molecular complexity index is 407. The van der Waals surface area contributed by atoms with E-state index in [1.807, 2.05) is 20.8 Å². The SMILES string of the molecule is CC(C)(C)NCc1cc(F)c(OCCCCO)c(F)c1. The molecule has 1 aromatic carbocycles. The summed E-state index contributed by atoms with van der Waals surface area (Å²) in [4.78, 5) is 0. The van der Waals surface area contributed by atoms with Crippen LogP contribution in [0.25, 0.3) is 0 Å². The highest BCUT2D eigenvalue weighted by Gasteiger charge is 2.14. The summed E-state index contributed by atoms with van der Waals surface area (Å²) in [6.45, 7) is 6.58. The fourth-order valence-corrected chi connectivity index (χ4v) is 1.61. The van der Waals surface area contributed by atoms with E-state index < -0.39 is 11.6 Å². The molecule has 0 saturated carbocycles. The molecule has 114 valence electrons. The van der Waals surface area contributed by atoms with Gasteiger partial charge in [-0.2, -0.15) is 0 Å².